The van der Waals surface area contributed by atoms with Crippen LogP contribution in [0.3, 0.4) is 0 Å². The molecule has 1 unspecified atom stereocenters. The number of sulfonamides is 1. The minimum atomic E-state index is -3.49. The fourth-order valence-electron chi connectivity index (χ4n) is 3.42. The van der Waals surface area contributed by atoms with Crippen LogP contribution >= 0.6 is 11.6 Å². The highest BCUT2D eigenvalue weighted by atomic mass is 35.5. The lowest BCUT2D eigenvalue weighted by atomic mass is 9.78. The number of nitrogens with zero attached hydrogens (tertiary/aromatic N) is 1. The molecular weight excluding hydrogens is 362 g/mol. The first kappa shape index (κ1) is 20.2. The summed E-state index contributed by atoms with van der Waals surface area (Å²) in [4.78, 5) is 14.9. The van der Waals surface area contributed by atoms with E-state index in [0.717, 1.165) is 18.5 Å². The van der Waals surface area contributed by atoms with Crippen LogP contribution in [0.25, 0.3) is 0 Å². The van der Waals surface area contributed by atoms with Crippen LogP contribution in [0.2, 0.25) is 5.02 Å². The quantitative estimate of drug-likeness (QED) is 0.667. The molecule has 0 aliphatic carbocycles. The molecule has 1 saturated heterocycles. The van der Waals surface area contributed by atoms with Crippen LogP contribution in [0, 0.1) is 0 Å². The molecule has 0 aromatic heterocycles. The molecule has 6 nitrogen and oxygen atoms in total. The number of carbonyl (C=O) groups excluding carboxylic acids is 1. The molecule has 1 aromatic rings. The minimum absolute atomic E-state index is 0.0449. The maximum Gasteiger partial charge on any atom is 0.240 e. The van der Waals surface area contributed by atoms with Crippen LogP contribution in [0.5, 0.6) is 0 Å². The molecular formula is C17H26ClN3O3S. The van der Waals surface area contributed by atoms with E-state index in [9.17, 15) is 13.2 Å². The third-order valence-corrected chi connectivity index (χ3v) is 6.14. The van der Waals surface area contributed by atoms with Gasteiger partial charge in [-0.1, -0.05) is 30.7 Å². The number of rotatable bonds is 8. The molecule has 0 spiro atoms. The summed E-state index contributed by atoms with van der Waals surface area (Å²) in [6.45, 7) is 5.24. The van der Waals surface area contributed by atoms with E-state index >= 15 is 0 Å². The van der Waals surface area contributed by atoms with E-state index < -0.39 is 15.6 Å². The van der Waals surface area contributed by atoms with Crippen LogP contribution in [-0.4, -0.2) is 43.6 Å². The maximum absolute atomic E-state index is 12.7. The Morgan fingerprint density at radius 3 is 2.52 bits per heavy atom. The first-order valence-electron chi connectivity index (χ1n) is 8.50. The number of nitrogens with two attached hydrogens (primary N) is 1. The van der Waals surface area contributed by atoms with Crippen molar-refractivity contribution in [2.24, 2.45) is 5.14 Å². The second kappa shape index (κ2) is 8.03. The Morgan fingerprint density at radius 2 is 2.04 bits per heavy atom. The highest BCUT2D eigenvalue weighted by Crippen LogP contribution is 2.41. The van der Waals surface area contributed by atoms with Crippen LogP contribution < -0.4 is 10.5 Å². The topological polar surface area (TPSA) is 92.5 Å². The zero-order chi connectivity index (χ0) is 18.7. The van der Waals surface area contributed by atoms with Crippen molar-refractivity contribution < 1.29 is 13.2 Å². The second-order valence-electron chi connectivity index (χ2n) is 6.53. The van der Waals surface area contributed by atoms with E-state index in [1.807, 2.05) is 31.2 Å². The van der Waals surface area contributed by atoms with Crippen molar-refractivity contribution in [3.05, 3.63) is 34.9 Å². The Morgan fingerprint density at radius 1 is 1.40 bits per heavy atom. The van der Waals surface area contributed by atoms with Gasteiger partial charge in [-0.25, -0.2) is 13.6 Å². The number of amides is 1. The Bertz CT molecular complexity index is 704. The van der Waals surface area contributed by atoms with Gasteiger partial charge in [-0.05, 0) is 43.9 Å². The van der Waals surface area contributed by atoms with E-state index in [0.29, 0.717) is 24.4 Å². The highest BCUT2D eigenvalue weighted by Gasteiger charge is 2.51. The standard InChI is InChI=1S/C17H26ClN3O3S/c1-3-17(16(22)20-10-4-12-25(19,23)24)9-11-21(17)13(2)14-5-7-15(18)8-6-14/h5-8,13H,3-4,9-12H2,1-2H3,(H,20,22)(H2,19,23,24)/t13-,17?/m0/s1. The number of nitrogens with one attached hydrogen (secondary N) is 1. The Balaban J connectivity index is 2.01. The lowest BCUT2D eigenvalue weighted by Crippen LogP contribution is -2.67. The Labute approximate surface area is 154 Å². The van der Waals surface area contributed by atoms with Gasteiger partial charge in [-0.15, -0.1) is 0 Å². The van der Waals surface area contributed by atoms with Gasteiger partial charge in [0.2, 0.25) is 15.9 Å². The Kier molecular flexibility index (Phi) is 6.48. The van der Waals surface area contributed by atoms with Crippen LogP contribution in [0.15, 0.2) is 24.3 Å². The predicted octanol–water partition coefficient (Wildman–Crippen LogP) is 2.05. The van der Waals surface area contributed by atoms with Crippen LogP contribution in [0.1, 0.15) is 44.7 Å². The minimum Gasteiger partial charge on any atom is -0.354 e. The molecule has 0 radical (unpaired) electrons. The molecule has 2 rings (SSSR count). The molecule has 3 N–H and O–H groups in total. The van der Waals surface area contributed by atoms with E-state index in [4.69, 9.17) is 16.7 Å². The zero-order valence-electron chi connectivity index (χ0n) is 14.7. The van der Waals surface area contributed by atoms with Crippen molar-refractivity contribution in [2.45, 2.75) is 44.7 Å². The van der Waals surface area contributed by atoms with E-state index in [-0.39, 0.29) is 17.7 Å². The number of carbonyl (C=O) groups is 1. The predicted molar refractivity (Wildman–Crippen MR) is 99.8 cm³/mol. The highest BCUT2D eigenvalue weighted by molar-refractivity contribution is 7.89. The van der Waals surface area contributed by atoms with Gasteiger partial charge >= 0.3 is 0 Å². The summed E-state index contributed by atoms with van der Waals surface area (Å²) in [5.74, 6) is -0.173. The molecule has 140 valence electrons. The molecule has 1 fully saturated rings. The fraction of sp³-hybridized carbons (Fsp3) is 0.588. The van der Waals surface area contributed by atoms with Gasteiger partial charge in [0.25, 0.3) is 0 Å². The third-order valence-electron chi connectivity index (χ3n) is 5.03. The molecule has 0 bridgehead atoms. The fourth-order valence-corrected chi connectivity index (χ4v) is 4.09. The molecule has 25 heavy (non-hydrogen) atoms. The monoisotopic (exact) mass is 387 g/mol. The first-order chi connectivity index (χ1) is 11.7. The summed E-state index contributed by atoms with van der Waals surface area (Å²) in [5.41, 5.74) is 0.574. The van der Waals surface area contributed by atoms with E-state index in [2.05, 4.69) is 17.1 Å². The molecule has 1 aromatic carbocycles. The van der Waals surface area contributed by atoms with Gasteiger partial charge in [0.15, 0.2) is 0 Å². The van der Waals surface area contributed by atoms with Gasteiger partial charge in [-0.2, -0.15) is 0 Å². The van der Waals surface area contributed by atoms with Crippen molar-refractivity contribution in [3.63, 3.8) is 0 Å². The van der Waals surface area contributed by atoms with Gasteiger partial charge in [-0.3, -0.25) is 9.69 Å². The molecule has 1 amide bonds. The Hall–Kier alpha value is -1.15. The van der Waals surface area contributed by atoms with E-state index in [1.54, 1.807) is 0 Å². The molecule has 1 aliphatic rings. The number of likely N-dealkylation sites (tertiary alicyclic amines) is 1. The van der Waals surface area contributed by atoms with Gasteiger partial charge in [0.05, 0.1) is 5.75 Å². The van der Waals surface area contributed by atoms with Crippen LogP contribution in [0.4, 0.5) is 0 Å². The summed E-state index contributed by atoms with van der Waals surface area (Å²) in [7, 11) is -3.49. The number of hydrogen-bond donors (Lipinski definition) is 2. The number of primary sulfonamides is 1. The normalized spacial score (nSPS) is 22.2. The van der Waals surface area contributed by atoms with Crippen molar-refractivity contribution >= 4 is 27.5 Å². The summed E-state index contributed by atoms with van der Waals surface area (Å²) in [6.07, 6.45) is 1.81. The van der Waals surface area contributed by atoms with Crippen molar-refractivity contribution in [3.8, 4) is 0 Å². The van der Waals surface area contributed by atoms with Gasteiger partial charge < -0.3 is 5.32 Å². The van der Waals surface area contributed by atoms with Crippen LogP contribution in [-0.2, 0) is 14.8 Å². The molecule has 1 heterocycles. The molecule has 8 heteroatoms. The smallest absolute Gasteiger partial charge is 0.240 e. The lowest BCUT2D eigenvalue weighted by Gasteiger charge is -2.54. The van der Waals surface area contributed by atoms with Gasteiger partial charge in [0, 0.05) is 24.2 Å². The lowest BCUT2D eigenvalue weighted by molar-refractivity contribution is -0.147. The van der Waals surface area contributed by atoms with E-state index in [1.165, 1.54) is 0 Å². The first-order valence-corrected chi connectivity index (χ1v) is 10.6. The largest absolute Gasteiger partial charge is 0.354 e. The van der Waals surface area contributed by atoms with Crippen molar-refractivity contribution in [1.29, 1.82) is 0 Å². The number of benzene rings is 1. The molecule has 2 atom stereocenters. The maximum atomic E-state index is 12.7. The summed E-state index contributed by atoms with van der Waals surface area (Å²) >= 11 is 5.95. The summed E-state index contributed by atoms with van der Waals surface area (Å²) in [6, 6.07) is 7.77. The summed E-state index contributed by atoms with van der Waals surface area (Å²) in [5, 5.41) is 8.54. The second-order valence-corrected chi connectivity index (χ2v) is 8.70. The molecule has 0 saturated carbocycles. The SMILES string of the molecule is CCC1(C(=O)NCCCS(N)(=O)=O)CCN1[C@@H](C)c1ccc(Cl)cc1. The van der Waals surface area contributed by atoms with Gasteiger partial charge in [0.1, 0.15) is 5.54 Å². The summed E-state index contributed by atoms with van der Waals surface area (Å²) < 4.78 is 21.9. The third kappa shape index (κ3) is 4.73. The molecule has 1 aliphatic heterocycles. The average Bonchev–Trinajstić information content (AvgIpc) is 2.51. The van der Waals surface area contributed by atoms with Crippen molar-refractivity contribution in [1.82, 2.24) is 10.2 Å². The average molecular weight is 388 g/mol. The number of halogens is 1. The van der Waals surface area contributed by atoms with Crippen molar-refractivity contribution in [2.75, 3.05) is 18.8 Å². The number of hydrogen-bond acceptors (Lipinski definition) is 4. The zero-order valence-corrected chi connectivity index (χ0v) is 16.2.